The van der Waals surface area contributed by atoms with Crippen LogP contribution in [0.5, 0.6) is 5.75 Å². The number of rotatable bonds is 8. The van der Waals surface area contributed by atoms with Crippen LogP contribution >= 0.6 is 0 Å². The number of hydrogen-bond acceptors (Lipinski definition) is 5. The van der Waals surface area contributed by atoms with Crippen molar-refractivity contribution < 1.29 is 23.8 Å². The van der Waals surface area contributed by atoms with E-state index >= 15 is 0 Å². The van der Waals surface area contributed by atoms with Gasteiger partial charge in [-0.1, -0.05) is 42.5 Å². The Bertz CT molecular complexity index is 1080. The second kappa shape index (κ2) is 13.3. The summed E-state index contributed by atoms with van der Waals surface area (Å²) in [5.74, 6) is 1.01. The normalized spacial score (nSPS) is 21.7. The zero-order chi connectivity index (χ0) is 27.8. The first-order valence-electron chi connectivity index (χ1n) is 14.4. The van der Waals surface area contributed by atoms with Gasteiger partial charge in [0.05, 0.1) is 19.3 Å². The Morgan fingerprint density at radius 3 is 2.41 bits per heavy atom. The average Bonchev–Trinajstić information content (AvgIpc) is 2.92. The maximum atomic E-state index is 13.5. The van der Waals surface area contributed by atoms with Gasteiger partial charge in [0.2, 0.25) is 5.91 Å². The van der Waals surface area contributed by atoms with E-state index in [1.807, 2.05) is 80.0 Å². The van der Waals surface area contributed by atoms with E-state index in [0.29, 0.717) is 32.8 Å². The van der Waals surface area contributed by atoms with Gasteiger partial charge in [-0.25, -0.2) is 4.79 Å². The lowest BCUT2D eigenvalue weighted by atomic mass is 9.84. The van der Waals surface area contributed by atoms with Gasteiger partial charge in [-0.15, -0.1) is 0 Å². The molecule has 0 N–H and O–H groups in total. The third-order valence-corrected chi connectivity index (χ3v) is 7.43. The third kappa shape index (κ3) is 8.46. The largest absolute Gasteiger partial charge is 0.494 e. The summed E-state index contributed by atoms with van der Waals surface area (Å²) in [7, 11) is 0. The summed E-state index contributed by atoms with van der Waals surface area (Å²) < 4.78 is 17.5. The third-order valence-electron chi connectivity index (χ3n) is 7.43. The fourth-order valence-corrected chi connectivity index (χ4v) is 5.57. The van der Waals surface area contributed by atoms with Crippen LogP contribution in [0.2, 0.25) is 0 Å². The molecule has 0 aromatic heterocycles. The molecule has 39 heavy (non-hydrogen) atoms. The Hall–Kier alpha value is -3.06. The first-order valence-corrected chi connectivity index (χ1v) is 14.4. The molecular weight excluding hydrogens is 492 g/mol. The number of carbonyl (C=O) groups excluding carboxylic acids is 2. The van der Waals surface area contributed by atoms with Crippen molar-refractivity contribution in [3.05, 3.63) is 65.7 Å². The second-order valence-electron chi connectivity index (χ2n) is 11.7. The number of carbonyl (C=O) groups is 2. The highest BCUT2D eigenvalue weighted by Crippen LogP contribution is 2.32. The van der Waals surface area contributed by atoms with Crippen molar-refractivity contribution in [1.82, 2.24) is 9.80 Å². The minimum absolute atomic E-state index is 0.0153. The van der Waals surface area contributed by atoms with Crippen molar-refractivity contribution >= 4 is 12.0 Å². The Morgan fingerprint density at radius 2 is 1.72 bits per heavy atom. The predicted molar refractivity (Wildman–Crippen MR) is 152 cm³/mol. The van der Waals surface area contributed by atoms with E-state index in [4.69, 9.17) is 14.2 Å². The maximum absolute atomic E-state index is 13.5. The summed E-state index contributed by atoms with van der Waals surface area (Å²) in [6, 6.07) is 18.2. The molecule has 1 heterocycles. The molecule has 2 fully saturated rings. The molecule has 2 aromatic rings. The topological polar surface area (TPSA) is 68.3 Å². The highest BCUT2D eigenvalue weighted by atomic mass is 16.6. The second-order valence-corrected chi connectivity index (χ2v) is 11.7. The van der Waals surface area contributed by atoms with Crippen molar-refractivity contribution in [2.24, 2.45) is 5.92 Å². The van der Waals surface area contributed by atoms with Crippen molar-refractivity contribution in [2.75, 3.05) is 26.3 Å². The maximum Gasteiger partial charge on any atom is 0.410 e. The monoisotopic (exact) mass is 536 g/mol. The molecule has 1 atom stereocenters. The number of nitrogens with zero attached hydrogens (tertiary/aromatic N) is 2. The quantitative estimate of drug-likeness (QED) is 0.423. The number of hydrogen-bond donors (Lipinski definition) is 0. The molecule has 2 amide bonds. The van der Waals surface area contributed by atoms with Gasteiger partial charge in [0.1, 0.15) is 11.4 Å². The molecule has 7 nitrogen and oxygen atoms in total. The van der Waals surface area contributed by atoms with E-state index in [1.54, 1.807) is 0 Å². The molecule has 1 saturated heterocycles. The lowest BCUT2D eigenvalue weighted by Crippen LogP contribution is -2.50. The van der Waals surface area contributed by atoms with Crippen LogP contribution in [0, 0.1) is 5.92 Å². The van der Waals surface area contributed by atoms with Crippen LogP contribution in [-0.4, -0.2) is 65.9 Å². The van der Waals surface area contributed by atoms with Gasteiger partial charge < -0.3 is 24.0 Å². The van der Waals surface area contributed by atoms with E-state index in [-0.39, 0.29) is 30.1 Å². The highest BCUT2D eigenvalue weighted by Gasteiger charge is 2.36. The van der Waals surface area contributed by atoms with E-state index in [2.05, 4.69) is 12.1 Å². The van der Waals surface area contributed by atoms with Crippen LogP contribution in [0.25, 0.3) is 0 Å². The van der Waals surface area contributed by atoms with Gasteiger partial charge in [-0.05, 0) is 76.6 Å². The minimum atomic E-state index is -0.581. The molecule has 1 saturated carbocycles. The smallest absolute Gasteiger partial charge is 0.410 e. The molecular formula is C32H44N2O5. The Morgan fingerprint density at radius 1 is 1.00 bits per heavy atom. The van der Waals surface area contributed by atoms with Gasteiger partial charge in [-0.3, -0.25) is 4.79 Å². The molecule has 4 rings (SSSR count). The number of morpholine rings is 1. The fraction of sp³-hybridized carbons (Fsp3) is 0.562. The van der Waals surface area contributed by atoms with Crippen molar-refractivity contribution in [1.29, 1.82) is 0 Å². The number of benzene rings is 2. The van der Waals surface area contributed by atoms with Crippen LogP contribution < -0.4 is 4.74 Å². The van der Waals surface area contributed by atoms with Crippen molar-refractivity contribution in [3.8, 4) is 5.75 Å². The summed E-state index contributed by atoms with van der Waals surface area (Å²) in [6.07, 6.45) is 3.61. The van der Waals surface area contributed by atoms with Crippen LogP contribution in [0.4, 0.5) is 4.79 Å². The zero-order valence-electron chi connectivity index (χ0n) is 23.9. The Balaban J connectivity index is 1.37. The van der Waals surface area contributed by atoms with Gasteiger partial charge in [-0.2, -0.15) is 0 Å². The van der Waals surface area contributed by atoms with Gasteiger partial charge in [0, 0.05) is 38.0 Å². The summed E-state index contributed by atoms with van der Waals surface area (Å²) in [4.78, 5) is 30.6. The molecule has 7 heteroatoms. The van der Waals surface area contributed by atoms with E-state index in [9.17, 15) is 9.59 Å². The van der Waals surface area contributed by atoms with E-state index < -0.39 is 5.60 Å². The first-order chi connectivity index (χ1) is 18.7. The van der Waals surface area contributed by atoms with Crippen molar-refractivity contribution in [2.45, 2.75) is 84.1 Å². The molecule has 212 valence electrons. The molecule has 0 unspecified atom stereocenters. The van der Waals surface area contributed by atoms with Gasteiger partial charge in [0.15, 0.2) is 0 Å². The Kier molecular flexibility index (Phi) is 9.89. The molecule has 1 aliphatic heterocycles. The lowest BCUT2D eigenvalue weighted by molar-refractivity contribution is -0.144. The number of amides is 2. The molecule has 2 aliphatic rings. The van der Waals surface area contributed by atoms with Crippen LogP contribution in [0.3, 0.4) is 0 Å². The average molecular weight is 537 g/mol. The first kappa shape index (κ1) is 28.9. The van der Waals surface area contributed by atoms with Crippen LogP contribution in [0.1, 0.15) is 64.5 Å². The molecule has 0 bridgehead atoms. The van der Waals surface area contributed by atoms with Gasteiger partial charge in [0.25, 0.3) is 0 Å². The highest BCUT2D eigenvalue weighted by molar-refractivity contribution is 5.79. The summed E-state index contributed by atoms with van der Waals surface area (Å²) >= 11 is 0. The molecule has 1 aliphatic carbocycles. The van der Waals surface area contributed by atoms with E-state index in [0.717, 1.165) is 43.4 Å². The summed E-state index contributed by atoms with van der Waals surface area (Å²) in [5, 5.41) is 0. The molecule has 0 radical (unpaired) electrons. The Labute approximate surface area is 233 Å². The van der Waals surface area contributed by atoms with E-state index in [1.165, 1.54) is 5.56 Å². The summed E-state index contributed by atoms with van der Waals surface area (Å²) in [5.41, 5.74) is 1.65. The minimum Gasteiger partial charge on any atom is -0.494 e. The molecule has 2 aromatic carbocycles. The van der Waals surface area contributed by atoms with Crippen LogP contribution in [0.15, 0.2) is 54.6 Å². The van der Waals surface area contributed by atoms with Crippen LogP contribution in [-0.2, 0) is 27.2 Å². The number of ether oxygens (including phenoxy) is 3. The SMILES string of the molecule is CCOc1cccc(CN(C(=O)OC(C)(C)C)C2CCC(C(=O)N3CCO[C@H](Cc4ccccc4)C3)CC2)c1. The van der Waals surface area contributed by atoms with Gasteiger partial charge >= 0.3 is 6.09 Å². The van der Waals surface area contributed by atoms with Crippen molar-refractivity contribution in [3.63, 3.8) is 0 Å². The lowest BCUT2D eigenvalue weighted by Gasteiger charge is -2.40. The standard InChI is InChI=1S/C32H44N2O5/c1-5-37-28-13-9-12-25(21-28)22-34(31(36)39-32(2,3)4)27-16-14-26(15-17-27)30(35)33-18-19-38-29(23-33)20-24-10-7-6-8-11-24/h6-13,21,26-27,29H,5,14-20,22-23H2,1-4H3/t26?,27?,29-/m1/s1. The predicted octanol–water partition coefficient (Wildman–Crippen LogP) is 5.85. The molecule has 0 spiro atoms. The fourth-order valence-electron chi connectivity index (χ4n) is 5.57. The zero-order valence-corrected chi connectivity index (χ0v) is 23.9. The summed E-state index contributed by atoms with van der Waals surface area (Å²) in [6.45, 7) is 10.5.